The molecule has 2 N–H and O–H groups in total. The molecule has 0 saturated heterocycles. The molecule has 0 atom stereocenters. The van der Waals surface area contributed by atoms with Gasteiger partial charge in [-0.3, -0.25) is 4.40 Å². The minimum Gasteiger partial charge on any atom is -0.436 e. The Morgan fingerprint density at radius 3 is 2.95 bits per heavy atom. The van der Waals surface area contributed by atoms with Gasteiger partial charge in [-0.05, 0) is 31.0 Å². The summed E-state index contributed by atoms with van der Waals surface area (Å²) in [5, 5.41) is 0. The fourth-order valence-corrected chi connectivity index (χ4v) is 1.93. The molecule has 3 rings (SSSR count). The summed E-state index contributed by atoms with van der Waals surface area (Å²) in [7, 11) is 0. The van der Waals surface area contributed by atoms with Gasteiger partial charge in [0, 0.05) is 12.4 Å². The van der Waals surface area contributed by atoms with Crippen molar-refractivity contribution >= 4 is 11.5 Å². The van der Waals surface area contributed by atoms with Gasteiger partial charge in [-0.2, -0.15) is 4.98 Å². The van der Waals surface area contributed by atoms with Crippen molar-refractivity contribution in [1.82, 2.24) is 14.4 Å². The fraction of sp³-hybridized carbons (Fsp3) is 0.143. The number of anilines is 1. The summed E-state index contributed by atoms with van der Waals surface area (Å²) in [6.45, 7) is 4.06. The third-order valence-electron chi connectivity index (χ3n) is 3.12. The van der Waals surface area contributed by atoms with E-state index in [1.54, 1.807) is 16.8 Å². The van der Waals surface area contributed by atoms with E-state index in [0.717, 1.165) is 11.3 Å². The van der Waals surface area contributed by atoms with Crippen LogP contribution in [0.5, 0.6) is 11.6 Å². The number of hydrogen-bond donors (Lipinski definition) is 1. The molecule has 0 aliphatic rings. The predicted octanol–water partition coefficient (Wildman–Crippen LogP) is 2.72. The van der Waals surface area contributed by atoms with Crippen LogP contribution in [0.25, 0.3) is 5.65 Å². The Morgan fingerprint density at radius 2 is 2.11 bits per heavy atom. The van der Waals surface area contributed by atoms with E-state index in [2.05, 4.69) is 9.97 Å². The van der Waals surface area contributed by atoms with Crippen LogP contribution in [0.4, 0.5) is 5.82 Å². The standard InChI is InChI=1S/C14H14N4O/c1-9-4-3-5-11(10(9)2)19-14-13-16-6-7-18(13)8-12(15)17-14/h3-8H,15H2,1-2H3. The number of nitrogens with two attached hydrogens (primary N) is 1. The summed E-state index contributed by atoms with van der Waals surface area (Å²) in [6.07, 6.45) is 5.20. The van der Waals surface area contributed by atoms with Gasteiger partial charge in [0.15, 0.2) is 0 Å². The molecule has 2 aromatic heterocycles. The SMILES string of the molecule is Cc1cccc(Oc2nc(N)cn3ccnc23)c1C. The molecule has 1 aromatic carbocycles. The summed E-state index contributed by atoms with van der Waals surface area (Å²) in [5.74, 6) is 1.58. The lowest BCUT2D eigenvalue weighted by Gasteiger charge is -2.10. The van der Waals surface area contributed by atoms with Crippen molar-refractivity contribution in [2.45, 2.75) is 13.8 Å². The molecule has 0 radical (unpaired) electrons. The number of benzene rings is 1. The number of nitrogens with zero attached hydrogens (tertiary/aromatic N) is 3. The van der Waals surface area contributed by atoms with Gasteiger partial charge in [-0.15, -0.1) is 0 Å². The van der Waals surface area contributed by atoms with Crippen molar-refractivity contribution in [2.24, 2.45) is 0 Å². The fourth-order valence-electron chi connectivity index (χ4n) is 1.93. The Labute approximate surface area is 110 Å². The van der Waals surface area contributed by atoms with Gasteiger partial charge in [-0.25, -0.2) is 4.98 Å². The van der Waals surface area contributed by atoms with Crippen LogP contribution < -0.4 is 10.5 Å². The molecule has 0 unspecified atom stereocenters. The number of rotatable bonds is 2. The van der Waals surface area contributed by atoms with Gasteiger partial charge >= 0.3 is 0 Å². The Morgan fingerprint density at radius 1 is 1.26 bits per heavy atom. The van der Waals surface area contributed by atoms with E-state index in [9.17, 15) is 0 Å². The first-order valence-corrected chi connectivity index (χ1v) is 5.98. The van der Waals surface area contributed by atoms with Crippen LogP contribution in [0.1, 0.15) is 11.1 Å². The molecule has 96 valence electrons. The van der Waals surface area contributed by atoms with Crippen molar-refractivity contribution in [3.63, 3.8) is 0 Å². The van der Waals surface area contributed by atoms with Gasteiger partial charge in [0.25, 0.3) is 5.88 Å². The zero-order chi connectivity index (χ0) is 13.4. The maximum Gasteiger partial charge on any atom is 0.265 e. The molecule has 0 spiro atoms. The molecule has 0 amide bonds. The van der Waals surface area contributed by atoms with Crippen LogP contribution in [0.2, 0.25) is 0 Å². The van der Waals surface area contributed by atoms with Gasteiger partial charge in [0.05, 0.1) is 6.20 Å². The Hall–Kier alpha value is -2.56. The number of imidazole rings is 1. The van der Waals surface area contributed by atoms with Gasteiger partial charge in [0.2, 0.25) is 5.65 Å². The summed E-state index contributed by atoms with van der Waals surface area (Å²) in [4.78, 5) is 8.44. The van der Waals surface area contributed by atoms with E-state index < -0.39 is 0 Å². The van der Waals surface area contributed by atoms with E-state index in [-0.39, 0.29) is 0 Å². The third-order valence-corrected chi connectivity index (χ3v) is 3.12. The van der Waals surface area contributed by atoms with Crippen molar-refractivity contribution < 1.29 is 4.74 Å². The highest BCUT2D eigenvalue weighted by Crippen LogP contribution is 2.28. The van der Waals surface area contributed by atoms with Crippen LogP contribution in [-0.2, 0) is 0 Å². The van der Waals surface area contributed by atoms with E-state index >= 15 is 0 Å². The highest BCUT2D eigenvalue weighted by Gasteiger charge is 2.10. The molecule has 19 heavy (non-hydrogen) atoms. The highest BCUT2D eigenvalue weighted by molar-refractivity contribution is 5.54. The molecule has 0 bridgehead atoms. The third kappa shape index (κ3) is 1.99. The largest absolute Gasteiger partial charge is 0.436 e. The average Bonchev–Trinajstić information content (AvgIpc) is 2.83. The zero-order valence-electron chi connectivity index (χ0n) is 10.8. The molecule has 0 aliphatic carbocycles. The average molecular weight is 254 g/mol. The minimum absolute atomic E-state index is 0.394. The molecule has 5 heteroatoms. The molecule has 0 saturated carbocycles. The molecule has 2 heterocycles. The molecule has 0 fully saturated rings. The number of nitrogen functional groups attached to an aromatic ring is 1. The second-order valence-corrected chi connectivity index (χ2v) is 4.43. The van der Waals surface area contributed by atoms with Gasteiger partial charge in [-0.1, -0.05) is 12.1 Å². The van der Waals surface area contributed by atoms with Crippen LogP contribution in [0.15, 0.2) is 36.8 Å². The van der Waals surface area contributed by atoms with Gasteiger partial charge in [0.1, 0.15) is 11.6 Å². The number of fused-ring (bicyclic) bond motifs is 1. The summed E-state index contributed by atoms with van der Waals surface area (Å²) in [5.41, 5.74) is 8.66. The number of aryl methyl sites for hydroxylation is 1. The lowest BCUT2D eigenvalue weighted by molar-refractivity contribution is 0.462. The predicted molar refractivity (Wildman–Crippen MR) is 73.4 cm³/mol. The maximum atomic E-state index is 5.87. The summed E-state index contributed by atoms with van der Waals surface area (Å²) >= 11 is 0. The number of hydrogen-bond acceptors (Lipinski definition) is 4. The van der Waals surface area contributed by atoms with Gasteiger partial charge < -0.3 is 10.5 Å². The minimum atomic E-state index is 0.394. The summed E-state index contributed by atoms with van der Waals surface area (Å²) < 4.78 is 7.66. The van der Waals surface area contributed by atoms with Crippen molar-refractivity contribution in [1.29, 1.82) is 0 Å². The Balaban J connectivity index is 2.10. The smallest absolute Gasteiger partial charge is 0.265 e. The molecular weight excluding hydrogens is 240 g/mol. The van der Waals surface area contributed by atoms with E-state index in [4.69, 9.17) is 10.5 Å². The normalized spacial score (nSPS) is 10.8. The van der Waals surface area contributed by atoms with Crippen LogP contribution in [0.3, 0.4) is 0 Å². The number of ether oxygens (including phenoxy) is 1. The van der Waals surface area contributed by atoms with Crippen molar-refractivity contribution in [3.05, 3.63) is 47.9 Å². The Kier molecular flexibility index (Phi) is 2.59. The Bertz CT molecular complexity index is 748. The quantitative estimate of drug-likeness (QED) is 0.763. The second-order valence-electron chi connectivity index (χ2n) is 4.43. The van der Waals surface area contributed by atoms with Crippen LogP contribution in [0, 0.1) is 13.8 Å². The van der Waals surface area contributed by atoms with Crippen LogP contribution >= 0.6 is 0 Å². The summed E-state index contributed by atoms with van der Waals surface area (Å²) in [6, 6.07) is 5.90. The molecule has 5 nitrogen and oxygen atoms in total. The topological polar surface area (TPSA) is 65.4 Å². The molecular formula is C14H14N4O. The number of aromatic nitrogens is 3. The molecule has 0 aliphatic heterocycles. The maximum absolute atomic E-state index is 5.87. The lowest BCUT2D eigenvalue weighted by atomic mass is 10.1. The van der Waals surface area contributed by atoms with Crippen molar-refractivity contribution in [2.75, 3.05) is 5.73 Å². The van der Waals surface area contributed by atoms with E-state index in [1.807, 2.05) is 38.2 Å². The first kappa shape index (κ1) is 11.5. The highest BCUT2D eigenvalue weighted by atomic mass is 16.5. The lowest BCUT2D eigenvalue weighted by Crippen LogP contribution is -2.00. The second kappa shape index (κ2) is 4.28. The van der Waals surface area contributed by atoms with E-state index in [1.165, 1.54) is 5.56 Å². The monoisotopic (exact) mass is 254 g/mol. The van der Waals surface area contributed by atoms with Crippen molar-refractivity contribution in [3.8, 4) is 11.6 Å². The van der Waals surface area contributed by atoms with Crippen LogP contribution in [-0.4, -0.2) is 14.4 Å². The van der Waals surface area contributed by atoms with E-state index in [0.29, 0.717) is 17.3 Å². The zero-order valence-corrected chi connectivity index (χ0v) is 10.8. The molecule has 3 aromatic rings. The first-order chi connectivity index (χ1) is 9.15. The first-order valence-electron chi connectivity index (χ1n) is 5.98.